The van der Waals surface area contributed by atoms with E-state index in [0.717, 1.165) is 12.1 Å². The molecule has 0 fully saturated rings. The fraction of sp³-hybridized carbons (Fsp3) is 0. The first kappa shape index (κ1) is 15.0. The molecule has 3 N–H and O–H groups in total. The molecule has 2 aromatic rings. The summed E-state index contributed by atoms with van der Waals surface area (Å²) < 4.78 is 40.3. The maximum Gasteiger partial charge on any atom is 0.264 e. The topological polar surface area (TPSA) is 85.1 Å². The Hall–Kier alpha value is -1.38. The van der Waals surface area contributed by atoms with Crippen molar-refractivity contribution in [3.63, 3.8) is 0 Å². The van der Waals surface area contributed by atoms with Crippen LogP contribution in [0.25, 0.3) is 0 Å². The van der Waals surface area contributed by atoms with Crippen molar-refractivity contribution in [1.29, 1.82) is 0 Å². The largest absolute Gasteiger partial charge is 0.398 e. The number of halogens is 3. The number of nitrogen functional groups attached to an aromatic ring is 1. The first-order valence-corrected chi connectivity index (χ1v) is 7.84. The molecule has 1 heterocycles. The van der Waals surface area contributed by atoms with Crippen LogP contribution in [0.2, 0.25) is 5.15 Å². The molecule has 2 rings (SSSR count). The highest BCUT2D eigenvalue weighted by Gasteiger charge is 2.20. The SMILES string of the molecule is Nc1ccc(F)cc1S(=O)(=O)Nc1cc(Br)cnc1Cl. The van der Waals surface area contributed by atoms with Crippen molar-refractivity contribution in [3.8, 4) is 0 Å². The van der Waals surface area contributed by atoms with Crippen molar-refractivity contribution in [3.05, 3.63) is 45.9 Å². The second-order valence-corrected chi connectivity index (χ2v) is 6.70. The van der Waals surface area contributed by atoms with E-state index in [0.29, 0.717) is 4.47 Å². The van der Waals surface area contributed by atoms with Gasteiger partial charge in [-0.25, -0.2) is 17.8 Å². The molecule has 1 aromatic heterocycles. The van der Waals surface area contributed by atoms with E-state index in [1.165, 1.54) is 18.3 Å². The van der Waals surface area contributed by atoms with Crippen LogP contribution in [0, 0.1) is 5.82 Å². The third-order valence-corrected chi connectivity index (χ3v) is 4.47. The maximum atomic E-state index is 13.2. The standard InChI is InChI=1S/C11H8BrClFN3O2S/c12-6-3-9(11(13)16-5-6)17-20(18,19)10-4-7(14)1-2-8(10)15/h1-5,17H,15H2. The molecule has 5 nitrogen and oxygen atoms in total. The van der Waals surface area contributed by atoms with Gasteiger partial charge in [-0.3, -0.25) is 4.72 Å². The Balaban J connectivity index is 2.46. The fourth-order valence-electron chi connectivity index (χ4n) is 1.43. The van der Waals surface area contributed by atoms with Gasteiger partial charge in [0.05, 0.1) is 11.4 Å². The number of nitrogens with one attached hydrogen (secondary N) is 1. The van der Waals surface area contributed by atoms with Crippen LogP contribution in [-0.4, -0.2) is 13.4 Å². The number of benzene rings is 1. The summed E-state index contributed by atoms with van der Waals surface area (Å²) in [6.45, 7) is 0. The molecular weight excluding hydrogens is 373 g/mol. The molecular formula is C11H8BrClFN3O2S. The summed E-state index contributed by atoms with van der Waals surface area (Å²) in [4.78, 5) is 3.42. The van der Waals surface area contributed by atoms with Gasteiger partial charge in [0.2, 0.25) is 0 Å². The van der Waals surface area contributed by atoms with Crippen molar-refractivity contribution in [2.24, 2.45) is 0 Å². The highest BCUT2D eigenvalue weighted by molar-refractivity contribution is 9.10. The van der Waals surface area contributed by atoms with E-state index in [1.807, 2.05) is 0 Å². The van der Waals surface area contributed by atoms with Gasteiger partial charge in [0.1, 0.15) is 10.7 Å². The lowest BCUT2D eigenvalue weighted by Crippen LogP contribution is -2.15. The van der Waals surface area contributed by atoms with E-state index >= 15 is 0 Å². The minimum Gasteiger partial charge on any atom is -0.398 e. The number of anilines is 2. The number of hydrogen-bond acceptors (Lipinski definition) is 4. The maximum absolute atomic E-state index is 13.2. The lowest BCUT2D eigenvalue weighted by Gasteiger charge is -2.11. The van der Waals surface area contributed by atoms with Gasteiger partial charge in [0, 0.05) is 10.7 Å². The van der Waals surface area contributed by atoms with Crippen molar-refractivity contribution in [2.45, 2.75) is 4.90 Å². The first-order chi connectivity index (χ1) is 9.29. The van der Waals surface area contributed by atoms with E-state index in [4.69, 9.17) is 17.3 Å². The molecule has 0 unspecified atom stereocenters. The summed E-state index contributed by atoms with van der Waals surface area (Å²) in [6, 6.07) is 4.51. The minimum atomic E-state index is -4.07. The predicted octanol–water partition coefficient (Wildman–Crippen LogP) is 3.02. The number of aromatic nitrogens is 1. The van der Waals surface area contributed by atoms with Crippen molar-refractivity contribution in [1.82, 2.24) is 4.98 Å². The summed E-state index contributed by atoms with van der Waals surface area (Å²) in [5.74, 6) is -0.710. The van der Waals surface area contributed by atoms with E-state index in [-0.39, 0.29) is 21.4 Å². The monoisotopic (exact) mass is 379 g/mol. The third-order valence-electron chi connectivity index (χ3n) is 2.32. The van der Waals surface area contributed by atoms with E-state index < -0.39 is 15.8 Å². The average molecular weight is 381 g/mol. The van der Waals surface area contributed by atoms with Gasteiger partial charge < -0.3 is 5.73 Å². The highest BCUT2D eigenvalue weighted by atomic mass is 79.9. The number of sulfonamides is 1. The Bertz CT molecular complexity index is 770. The lowest BCUT2D eigenvalue weighted by molar-refractivity contribution is 0.596. The molecule has 0 amide bonds. The highest BCUT2D eigenvalue weighted by Crippen LogP contribution is 2.27. The van der Waals surface area contributed by atoms with Crippen LogP contribution in [0.1, 0.15) is 0 Å². The minimum absolute atomic E-state index is 0.0354. The molecule has 0 aliphatic carbocycles. The van der Waals surface area contributed by atoms with Crippen LogP contribution in [0.3, 0.4) is 0 Å². The quantitative estimate of drug-likeness (QED) is 0.633. The molecule has 9 heteroatoms. The molecule has 0 bridgehead atoms. The smallest absolute Gasteiger partial charge is 0.264 e. The molecule has 1 aromatic carbocycles. The van der Waals surface area contributed by atoms with Crippen LogP contribution in [0.4, 0.5) is 15.8 Å². The van der Waals surface area contributed by atoms with Gasteiger partial charge in [-0.2, -0.15) is 0 Å². The number of hydrogen-bond donors (Lipinski definition) is 2. The molecule has 20 heavy (non-hydrogen) atoms. The molecule has 106 valence electrons. The molecule has 0 saturated carbocycles. The number of pyridine rings is 1. The summed E-state index contributed by atoms with van der Waals surface area (Å²) in [6.07, 6.45) is 1.41. The third kappa shape index (κ3) is 3.20. The van der Waals surface area contributed by atoms with Gasteiger partial charge in [-0.1, -0.05) is 11.6 Å². The molecule has 0 saturated heterocycles. The summed E-state index contributed by atoms with van der Waals surface area (Å²) in [5.41, 5.74) is 5.54. The zero-order chi connectivity index (χ0) is 14.9. The van der Waals surface area contributed by atoms with E-state index in [2.05, 4.69) is 25.6 Å². The zero-order valence-corrected chi connectivity index (χ0v) is 12.9. The average Bonchev–Trinajstić information content (AvgIpc) is 2.36. The summed E-state index contributed by atoms with van der Waals surface area (Å²) >= 11 is 8.94. The Morgan fingerprint density at radius 1 is 1.35 bits per heavy atom. The molecule has 0 radical (unpaired) electrons. The Kier molecular flexibility index (Phi) is 4.17. The normalized spacial score (nSPS) is 11.3. The van der Waals surface area contributed by atoms with Crippen LogP contribution in [-0.2, 0) is 10.0 Å². The molecule has 0 spiro atoms. The number of nitrogens with two attached hydrogens (primary N) is 1. The summed E-state index contributed by atoms with van der Waals surface area (Å²) in [5, 5.41) is -0.0354. The van der Waals surface area contributed by atoms with Crippen LogP contribution >= 0.6 is 27.5 Å². The second-order valence-electron chi connectivity index (χ2n) is 3.78. The first-order valence-electron chi connectivity index (χ1n) is 5.18. The lowest BCUT2D eigenvalue weighted by atomic mass is 10.3. The Morgan fingerprint density at radius 3 is 2.75 bits per heavy atom. The molecule has 0 atom stereocenters. The zero-order valence-electron chi connectivity index (χ0n) is 9.77. The number of rotatable bonds is 3. The van der Waals surface area contributed by atoms with E-state index in [1.54, 1.807) is 0 Å². The summed E-state index contributed by atoms with van der Waals surface area (Å²) in [7, 11) is -4.07. The van der Waals surface area contributed by atoms with Crippen molar-refractivity contribution in [2.75, 3.05) is 10.5 Å². The van der Waals surface area contributed by atoms with Gasteiger partial charge in [-0.05, 0) is 40.2 Å². The van der Waals surface area contributed by atoms with Crippen LogP contribution < -0.4 is 10.5 Å². The van der Waals surface area contributed by atoms with Crippen molar-refractivity contribution < 1.29 is 12.8 Å². The Labute approximate surface area is 128 Å². The van der Waals surface area contributed by atoms with Gasteiger partial charge in [0.25, 0.3) is 10.0 Å². The Morgan fingerprint density at radius 2 is 2.05 bits per heavy atom. The predicted molar refractivity (Wildman–Crippen MR) is 78.6 cm³/mol. The van der Waals surface area contributed by atoms with Crippen LogP contribution in [0.5, 0.6) is 0 Å². The molecule has 0 aliphatic rings. The van der Waals surface area contributed by atoms with Gasteiger partial charge >= 0.3 is 0 Å². The molecule has 0 aliphatic heterocycles. The van der Waals surface area contributed by atoms with Gasteiger partial charge in [0.15, 0.2) is 5.15 Å². The van der Waals surface area contributed by atoms with Crippen molar-refractivity contribution >= 4 is 48.9 Å². The number of nitrogens with zero attached hydrogens (tertiary/aromatic N) is 1. The van der Waals surface area contributed by atoms with Crippen LogP contribution in [0.15, 0.2) is 39.8 Å². The second kappa shape index (κ2) is 5.55. The fourth-order valence-corrected chi connectivity index (χ4v) is 3.17. The van der Waals surface area contributed by atoms with Gasteiger partial charge in [-0.15, -0.1) is 0 Å². The van der Waals surface area contributed by atoms with E-state index in [9.17, 15) is 12.8 Å².